The molecule has 0 bridgehead atoms. The van der Waals surface area contributed by atoms with Gasteiger partial charge in [-0.25, -0.2) is 0 Å². The Kier molecular flexibility index (Phi) is 5.38. The van der Waals surface area contributed by atoms with E-state index in [0.29, 0.717) is 0 Å². The summed E-state index contributed by atoms with van der Waals surface area (Å²) in [5.74, 6) is -0.628. The van der Waals surface area contributed by atoms with E-state index in [1.807, 2.05) is 0 Å². The quantitative estimate of drug-likeness (QED) is 0.783. The van der Waals surface area contributed by atoms with Crippen molar-refractivity contribution in [1.82, 2.24) is 5.32 Å². The molecule has 0 spiro atoms. The van der Waals surface area contributed by atoms with Crippen LogP contribution in [0.3, 0.4) is 0 Å². The average Bonchev–Trinajstić information content (AvgIpc) is 2.35. The number of hydrogen-bond acceptors (Lipinski definition) is 2. The van der Waals surface area contributed by atoms with Gasteiger partial charge in [0.15, 0.2) is 0 Å². The Morgan fingerprint density at radius 2 is 1.95 bits per heavy atom. The molecule has 0 saturated heterocycles. The molecule has 3 N–H and O–H groups in total. The summed E-state index contributed by atoms with van der Waals surface area (Å²) in [6.07, 6.45) is -4.51. The molecule has 0 radical (unpaired) electrons. The molecule has 1 aromatic carbocycles. The van der Waals surface area contributed by atoms with E-state index in [-0.39, 0.29) is 21.6 Å². The van der Waals surface area contributed by atoms with Crippen LogP contribution in [0.1, 0.15) is 29.8 Å². The summed E-state index contributed by atoms with van der Waals surface area (Å²) in [5.41, 5.74) is 3.92. The van der Waals surface area contributed by atoms with Gasteiger partial charge >= 0.3 is 6.18 Å². The fourth-order valence-electron chi connectivity index (χ4n) is 1.36. The number of halogens is 4. The molecule has 1 amide bonds. The maximum Gasteiger partial charge on any atom is 0.416 e. The van der Waals surface area contributed by atoms with Crippen LogP contribution < -0.4 is 11.1 Å². The van der Waals surface area contributed by atoms with Gasteiger partial charge in [-0.05, 0) is 34.1 Å². The minimum absolute atomic E-state index is 0.0939. The Labute approximate surface area is 134 Å². The zero-order valence-electron chi connectivity index (χ0n) is 11.3. The van der Waals surface area contributed by atoms with Gasteiger partial charge in [0, 0.05) is 16.4 Å². The number of nitrogens with two attached hydrogens (primary N) is 1. The molecular weight excluding hydrogens is 369 g/mol. The van der Waals surface area contributed by atoms with Crippen molar-refractivity contribution in [1.29, 1.82) is 0 Å². The zero-order chi connectivity index (χ0) is 16.4. The lowest BCUT2D eigenvalue weighted by atomic mass is 9.93. The third-order valence-corrected chi connectivity index (χ3v) is 4.14. The fraction of sp³-hybridized carbons (Fsp3) is 0.385. The van der Waals surface area contributed by atoms with Crippen molar-refractivity contribution in [3.8, 4) is 0 Å². The number of nitrogens with one attached hydrogen (secondary N) is 1. The Hall–Kier alpha value is -1.15. The van der Waals surface area contributed by atoms with Gasteiger partial charge in [-0.1, -0.05) is 26.1 Å². The lowest BCUT2D eigenvalue weighted by Gasteiger charge is -2.23. The SMILES string of the molecule is CC(C)(CNC(=O)c1cc(C(F)(F)F)ccc1Br)C(N)=S. The summed E-state index contributed by atoms with van der Waals surface area (Å²) in [7, 11) is 0. The largest absolute Gasteiger partial charge is 0.416 e. The summed E-state index contributed by atoms with van der Waals surface area (Å²) in [6.45, 7) is 3.59. The molecule has 0 saturated carbocycles. The molecule has 21 heavy (non-hydrogen) atoms. The van der Waals surface area contributed by atoms with Crippen LogP contribution in [0.5, 0.6) is 0 Å². The summed E-state index contributed by atoms with van der Waals surface area (Å²) in [6, 6.07) is 2.89. The minimum atomic E-state index is -4.51. The van der Waals surface area contributed by atoms with Crippen molar-refractivity contribution in [2.75, 3.05) is 6.54 Å². The van der Waals surface area contributed by atoms with E-state index in [2.05, 4.69) is 21.2 Å². The second-order valence-electron chi connectivity index (χ2n) is 5.12. The topological polar surface area (TPSA) is 55.1 Å². The smallest absolute Gasteiger partial charge is 0.393 e. The molecule has 0 aliphatic heterocycles. The van der Waals surface area contributed by atoms with Crippen LogP contribution in [0.4, 0.5) is 13.2 Å². The second-order valence-corrected chi connectivity index (χ2v) is 6.42. The van der Waals surface area contributed by atoms with Gasteiger partial charge in [-0.15, -0.1) is 0 Å². The highest BCUT2D eigenvalue weighted by Gasteiger charge is 2.32. The molecule has 0 aromatic heterocycles. The van der Waals surface area contributed by atoms with Crippen LogP contribution in [0, 0.1) is 5.41 Å². The van der Waals surface area contributed by atoms with Gasteiger partial charge in [0.25, 0.3) is 5.91 Å². The zero-order valence-corrected chi connectivity index (χ0v) is 13.7. The number of alkyl halides is 3. The van der Waals surface area contributed by atoms with Crippen molar-refractivity contribution in [3.63, 3.8) is 0 Å². The molecular formula is C13H14BrF3N2OS. The Morgan fingerprint density at radius 1 is 1.38 bits per heavy atom. The predicted octanol–water partition coefficient (Wildman–Crippen LogP) is 3.51. The van der Waals surface area contributed by atoms with Crippen LogP contribution >= 0.6 is 28.1 Å². The summed E-state index contributed by atoms with van der Waals surface area (Å²) >= 11 is 7.93. The number of thiocarbonyl (C=S) groups is 1. The molecule has 0 aliphatic carbocycles. The van der Waals surface area contributed by atoms with E-state index >= 15 is 0 Å². The van der Waals surface area contributed by atoms with Crippen molar-refractivity contribution in [2.24, 2.45) is 11.1 Å². The molecule has 1 rings (SSSR count). The van der Waals surface area contributed by atoms with Crippen molar-refractivity contribution >= 4 is 39.0 Å². The van der Waals surface area contributed by atoms with Gasteiger partial charge in [0.2, 0.25) is 0 Å². The van der Waals surface area contributed by atoms with Gasteiger partial charge in [0.05, 0.1) is 16.1 Å². The van der Waals surface area contributed by atoms with Crippen molar-refractivity contribution in [2.45, 2.75) is 20.0 Å². The van der Waals surface area contributed by atoms with Gasteiger partial charge in [-0.2, -0.15) is 13.2 Å². The normalized spacial score (nSPS) is 12.1. The first-order valence-corrected chi connectivity index (χ1v) is 7.10. The number of hydrogen-bond donors (Lipinski definition) is 2. The third-order valence-electron chi connectivity index (χ3n) is 2.90. The second kappa shape index (κ2) is 6.31. The maximum absolute atomic E-state index is 12.7. The number of carbonyl (C=O) groups excluding carboxylic acids is 1. The number of benzene rings is 1. The van der Waals surface area contributed by atoms with Gasteiger partial charge in [-0.3, -0.25) is 4.79 Å². The highest BCUT2D eigenvalue weighted by Crippen LogP contribution is 2.31. The van der Waals surface area contributed by atoms with Crippen LogP contribution in [-0.2, 0) is 6.18 Å². The number of carbonyl (C=O) groups is 1. The molecule has 0 heterocycles. The first-order valence-electron chi connectivity index (χ1n) is 5.90. The van der Waals surface area contributed by atoms with E-state index < -0.39 is 23.1 Å². The first-order chi connectivity index (χ1) is 9.45. The molecule has 3 nitrogen and oxygen atoms in total. The fourth-order valence-corrected chi connectivity index (χ4v) is 1.86. The third kappa shape index (κ3) is 4.67. The maximum atomic E-state index is 12.7. The summed E-state index contributed by atoms with van der Waals surface area (Å²) in [5, 5.41) is 2.54. The summed E-state index contributed by atoms with van der Waals surface area (Å²) < 4.78 is 38.3. The lowest BCUT2D eigenvalue weighted by Crippen LogP contribution is -2.41. The average molecular weight is 383 g/mol. The standard InChI is InChI=1S/C13H14BrF3N2OS/c1-12(2,11(18)21)6-19-10(20)8-5-7(13(15,16)17)3-4-9(8)14/h3-5H,6H2,1-2H3,(H2,18,21)(H,19,20). The van der Waals surface area contributed by atoms with Crippen molar-refractivity contribution < 1.29 is 18.0 Å². The molecule has 0 fully saturated rings. The van der Waals surface area contributed by atoms with Crippen LogP contribution in [0.15, 0.2) is 22.7 Å². The Bertz CT molecular complexity index is 573. The van der Waals surface area contributed by atoms with Crippen molar-refractivity contribution in [3.05, 3.63) is 33.8 Å². The Morgan fingerprint density at radius 3 is 2.43 bits per heavy atom. The van der Waals surface area contributed by atoms with E-state index in [1.165, 1.54) is 6.07 Å². The molecule has 1 aromatic rings. The molecule has 8 heteroatoms. The van der Waals surface area contributed by atoms with Gasteiger partial charge in [0.1, 0.15) is 0 Å². The molecule has 0 unspecified atom stereocenters. The van der Waals surface area contributed by atoms with Gasteiger partial charge < -0.3 is 11.1 Å². The molecule has 0 aliphatic rings. The number of rotatable bonds is 4. The molecule has 0 atom stereocenters. The predicted molar refractivity (Wildman–Crippen MR) is 82.0 cm³/mol. The van der Waals surface area contributed by atoms with E-state index in [9.17, 15) is 18.0 Å². The summed E-state index contributed by atoms with van der Waals surface area (Å²) in [4.78, 5) is 12.2. The van der Waals surface area contributed by atoms with Crippen LogP contribution in [0.25, 0.3) is 0 Å². The van der Waals surface area contributed by atoms with E-state index in [0.717, 1.165) is 12.1 Å². The van der Waals surface area contributed by atoms with Crippen LogP contribution in [-0.4, -0.2) is 17.4 Å². The molecule has 116 valence electrons. The first kappa shape index (κ1) is 17.9. The lowest BCUT2D eigenvalue weighted by molar-refractivity contribution is -0.137. The highest BCUT2D eigenvalue weighted by molar-refractivity contribution is 9.10. The number of amides is 1. The van der Waals surface area contributed by atoms with E-state index in [1.54, 1.807) is 13.8 Å². The van der Waals surface area contributed by atoms with Crippen LogP contribution in [0.2, 0.25) is 0 Å². The highest BCUT2D eigenvalue weighted by atomic mass is 79.9. The monoisotopic (exact) mass is 382 g/mol. The van der Waals surface area contributed by atoms with E-state index in [4.69, 9.17) is 18.0 Å². The minimum Gasteiger partial charge on any atom is -0.393 e. The Balaban J connectivity index is 2.95.